The predicted molar refractivity (Wildman–Crippen MR) is 104 cm³/mol. The molecule has 144 valence electrons. The Labute approximate surface area is 159 Å². The van der Waals surface area contributed by atoms with Crippen molar-refractivity contribution < 1.29 is 14.3 Å². The molecule has 2 N–H and O–H groups in total. The van der Waals surface area contributed by atoms with Crippen molar-refractivity contribution in [2.24, 2.45) is 0 Å². The molecule has 27 heavy (non-hydrogen) atoms. The van der Waals surface area contributed by atoms with Gasteiger partial charge in [-0.25, -0.2) is 0 Å². The number of amides is 2. The Kier molecular flexibility index (Phi) is 7.76. The maximum absolute atomic E-state index is 12.3. The summed E-state index contributed by atoms with van der Waals surface area (Å²) in [7, 11) is 5.58. The van der Waals surface area contributed by atoms with Gasteiger partial charge >= 0.3 is 0 Å². The molecule has 7 nitrogen and oxygen atoms in total. The van der Waals surface area contributed by atoms with Gasteiger partial charge in [0.25, 0.3) is 11.8 Å². The van der Waals surface area contributed by atoms with E-state index in [0.717, 1.165) is 24.3 Å². The van der Waals surface area contributed by atoms with Crippen LogP contribution in [0.1, 0.15) is 32.8 Å². The van der Waals surface area contributed by atoms with Crippen LogP contribution in [0.25, 0.3) is 0 Å². The van der Waals surface area contributed by atoms with Gasteiger partial charge in [0.05, 0.1) is 7.11 Å². The SMILES string of the molecule is COc1ccc(CNC(=O)c2cc(C(=O)NCCCN(C)C)ccn2)cc1. The summed E-state index contributed by atoms with van der Waals surface area (Å²) in [6, 6.07) is 10.5. The molecule has 0 spiro atoms. The van der Waals surface area contributed by atoms with Gasteiger partial charge in [0, 0.05) is 24.8 Å². The molecule has 0 saturated heterocycles. The minimum absolute atomic E-state index is 0.208. The van der Waals surface area contributed by atoms with Crippen molar-refractivity contribution in [3.63, 3.8) is 0 Å². The first-order valence-corrected chi connectivity index (χ1v) is 8.79. The molecule has 1 aromatic heterocycles. The summed E-state index contributed by atoms with van der Waals surface area (Å²) in [5.41, 5.74) is 1.58. The van der Waals surface area contributed by atoms with Crippen molar-refractivity contribution in [3.8, 4) is 5.75 Å². The molecule has 0 aliphatic carbocycles. The van der Waals surface area contributed by atoms with E-state index in [1.807, 2.05) is 38.4 Å². The lowest BCUT2D eigenvalue weighted by Gasteiger charge is -2.10. The molecule has 0 saturated carbocycles. The zero-order valence-electron chi connectivity index (χ0n) is 16.0. The molecule has 0 bridgehead atoms. The minimum Gasteiger partial charge on any atom is -0.497 e. The number of hydrogen-bond acceptors (Lipinski definition) is 5. The standard InChI is InChI=1S/C20H26N4O3/c1-24(2)12-4-10-22-19(25)16-9-11-21-18(13-16)20(26)23-14-15-5-7-17(27-3)8-6-15/h5-9,11,13H,4,10,12,14H2,1-3H3,(H,22,25)(H,23,26). The van der Waals surface area contributed by atoms with Gasteiger partial charge in [0.2, 0.25) is 0 Å². The zero-order chi connectivity index (χ0) is 19.6. The number of aromatic nitrogens is 1. The van der Waals surface area contributed by atoms with Gasteiger partial charge in [-0.2, -0.15) is 0 Å². The van der Waals surface area contributed by atoms with Crippen molar-refractivity contribution in [3.05, 3.63) is 59.4 Å². The third-order valence-corrected chi connectivity index (χ3v) is 3.93. The van der Waals surface area contributed by atoms with Crippen LogP contribution < -0.4 is 15.4 Å². The molecular weight excluding hydrogens is 344 g/mol. The number of carbonyl (C=O) groups excluding carboxylic acids is 2. The summed E-state index contributed by atoms with van der Waals surface area (Å²) in [5.74, 6) is 0.226. The van der Waals surface area contributed by atoms with Crippen LogP contribution in [0.15, 0.2) is 42.6 Å². The molecule has 1 heterocycles. The smallest absolute Gasteiger partial charge is 0.270 e. The number of pyridine rings is 1. The van der Waals surface area contributed by atoms with E-state index in [0.29, 0.717) is 18.7 Å². The fourth-order valence-electron chi connectivity index (χ4n) is 2.41. The zero-order valence-corrected chi connectivity index (χ0v) is 16.0. The summed E-state index contributed by atoms with van der Waals surface area (Å²) < 4.78 is 5.11. The highest BCUT2D eigenvalue weighted by molar-refractivity contribution is 5.98. The van der Waals surface area contributed by atoms with E-state index in [1.165, 1.54) is 12.3 Å². The summed E-state index contributed by atoms with van der Waals surface area (Å²) in [6.07, 6.45) is 2.33. The predicted octanol–water partition coefficient (Wildman–Crippen LogP) is 1.70. The van der Waals surface area contributed by atoms with Crippen molar-refractivity contribution in [1.29, 1.82) is 0 Å². The molecular formula is C20H26N4O3. The fraction of sp³-hybridized carbons (Fsp3) is 0.350. The number of methoxy groups -OCH3 is 1. The Balaban J connectivity index is 1.89. The summed E-state index contributed by atoms with van der Waals surface area (Å²) in [4.78, 5) is 30.6. The maximum Gasteiger partial charge on any atom is 0.270 e. The van der Waals surface area contributed by atoms with Gasteiger partial charge < -0.3 is 20.3 Å². The van der Waals surface area contributed by atoms with Crippen LogP contribution in [-0.2, 0) is 6.54 Å². The third kappa shape index (κ3) is 6.71. The van der Waals surface area contributed by atoms with E-state index >= 15 is 0 Å². The fourth-order valence-corrected chi connectivity index (χ4v) is 2.41. The maximum atomic E-state index is 12.3. The van der Waals surface area contributed by atoms with Crippen molar-refractivity contribution in [2.45, 2.75) is 13.0 Å². The van der Waals surface area contributed by atoms with Crippen molar-refractivity contribution >= 4 is 11.8 Å². The van der Waals surface area contributed by atoms with E-state index in [1.54, 1.807) is 13.2 Å². The van der Waals surface area contributed by atoms with Crippen LogP contribution in [0, 0.1) is 0 Å². The molecule has 0 radical (unpaired) electrons. The Hall–Kier alpha value is -2.93. The highest BCUT2D eigenvalue weighted by atomic mass is 16.5. The topological polar surface area (TPSA) is 83.6 Å². The Morgan fingerprint density at radius 3 is 2.48 bits per heavy atom. The van der Waals surface area contributed by atoms with Gasteiger partial charge in [0.1, 0.15) is 11.4 Å². The first kappa shape index (κ1) is 20.4. The molecule has 0 unspecified atom stereocenters. The monoisotopic (exact) mass is 370 g/mol. The van der Waals surface area contributed by atoms with E-state index < -0.39 is 0 Å². The Bertz CT molecular complexity index is 760. The normalized spacial score (nSPS) is 10.5. The lowest BCUT2D eigenvalue weighted by atomic mass is 10.2. The third-order valence-electron chi connectivity index (χ3n) is 3.93. The second-order valence-corrected chi connectivity index (χ2v) is 6.37. The van der Waals surface area contributed by atoms with Gasteiger partial charge in [-0.15, -0.1) is 0 Å². The van der Waals surface area contributed by atoms with Crippen LogP contribution in [-0.4, -0.2) is 56.0 Å². The van der Waals surface area contributed by atoms with Gasteiger partial charge in [-0.05, 0) is 56.9 Å². The lowest BCUT2D eigenvalue weighted by Crippen LogP contribution is -2.28. The van der Waals surface area contributed by atoms with Crippen LogP contribution in [0.4, 0.5) is 0 Å². The Morgan fingerprint density at radius 1 is 1.07 bits per heavy atom. The van der Waals surface area contributed by atoms with Crippen LogP contribution in [0.5, 0.6) is 5.75 Å². The number of nitrogens with one attached hydrogen (secondary N) is 2. The number of benzene rings is 1. The lowest BCUT2D eigenvalue weighted by molar-refractivity contribution is 0.0946. The number of nitrogens with zero attached hydrogens (tertiary/aromatic N) is 2. The first-order valence-electron chi connectivity index (χ1n) is 8.79. The molecule has 7 heteroatoms. The summed E-state index contributed by atoms with van der Waals surface area (Å²) in [5, 5.41) is 5.66. The quantitative estimate of drug-likeness (QED) is 0.657. The number of rotatable bonds is 9. The number of ether oxygens (including phenoxy) is 1. The second-order valence-electron chi connectivity index (χ2n) is 6.37. The van der Waals surface area contributed by atoms with Crippen LogP contribution >= 0.6 is 0 Å². The molecule has 2 amide bonds. The molecule has 0 fully saturated rings. The number of carbonyl (C=O) groups is 2. The highest BCUT2D eigenvalue weighted by Crippen LogP contribution is 2.11. The second kappa shape index (κ2) is 10.3. The molecule has 2 rings (SSSR count). The molecule has 2 aromatic rings. The van der Waals surface area contributed by atoms with Gasteiger partial charge in [0.15, 0.2) is 0 Å². The molecule has 1 aromatic carbocycles. The average molecular weight is 370 g/mol. The van der Waals surface area contributed by atoms with E-state index in [9.17, 15) is 9.59 Å². The van der Waals surface area contributed by atoms with Gasteiger partial charge in [-0.3, -0.25) is 14.6 Å². The number of hydrogen-bond donors (Lipinski definition) is 2. The largest absolute Gasteiger partial charge is 0.497 e. The molecule has 0 aliphatic heterocycles. The van der Waals surface area contributed by atoms with Crippen LogP contribution in [0.3, 0.4) is 0 Å². The van der Waals surface area contributed by atoms with Gasteiger partial charge in [-0.1, -0.05) is 12.1 Å². The minimum atomic E-state index is -0.326. The highest BCUT2D eigenvalue weighted by Gasteiger charge is 2.11. The summed E-state index contributed by atoms with van der Waals surface area (Å²) >= 11 is 0. The van der Waals surface area contributed by atoms with Crippen LogP contribution in [0.2, 0.25) is 0 Å². The van der Waals surface area contributed by atoms with E-state index in [2.05, 4.69) is 20.5 Å². The average Bonchev–Trinajstić information content (AvgIpc) is 2.69. The van der Waals surface area contributed by atoms with Crippen molar-refractivity contribution in [1.82, 2.24) is 20.5 Å². The van der Waals surface area contributed by atoms with E-state index in [-0.39, 0.29) is 17.5 Å². The molecule has 0 atom stereocenters. The van der Waals surface area contributed by atoms with E-state index in [4.69, 9.17) is 4.74 Å². The molecule has 0 aliphatic rings. The Morgan fingerprint density at radius 2 is 1.81 bits per heavy atom. The summed E-state index contributed by atoms with van der Waals surface area (Å²) in [6.45, 7) is 1.85. The first-order chi connectivity index (χ1) is 13.0. The van der Waals surface area contributed by atoms with Crippen molar-refractivity contribution in [2.75, 3.05) is 34.3 Å².